The van der Waals surface area contributed by atoms with E-state index >= 15 is 0 Å². The standard InChI is InChI=1S/C27H28N4O3/c1-31(2)20-11-7-8-18(16-20)12-14-22-25-23(30-29-22)15-13-21(26(25)34-3)27(33)28-24(17-32)19-9-5-4-6-10-19/h4-16,24,32H,17H2,1-3H3,(H,28,33)(H,29,30)/t24-/m1/s1. The molecule has 1 heterocycles. The molecule has 0 bridgehead atoms. The fourth-order valence-corrected chi connectivity index (χ4v) is 3.86. The fourth-order valence-electron chi connectivity index (χ4n) is 3.86. The minimum atomic E-state index is -0.526. The molecule has 0 radical (unpaired) electrons. The Kier molecular flexibility index (Phi) is 6.94. The lowest BCUT2D eigenvalue weighted by Crippen LogP contribution is -2.31. The van der Waals surface area contributed by atoms with Crippen LogP contribution in [0, 0.1) is 0 Å². The van der Waals surface area contributed by atoms with Crippen molar-refractivity contribution in [1.29, 1.82) is 0 Å². The number of aliphatic hydroxyl groups is 1. The van der Waals surface area contributed by atoms with E-state index in [1.54, 1.807) is 12.1 Å². The number of aromatic amines is 1. The Morgan fingerprint density at radius 1 is 1.12 bits per heavy atom. The van der Waals surface area contributed by atoms with Gasteiger partial charge in [0.2, 0.25) is 0 Å². The number of amides is 1. The van der Waals surface area contributed by atoms with Crippen molar-refractivity contribution in [3.63, 3.8) is 0 Å². The van der Waals surface area contributed by atoms with Gasteiger partial charge in [-0.15, -0.1) is 0 Å². The second-order valence-corrected chi connectivity index (χ2v) is 8.12. The second kappa shape index (κ2) is 10.2. The van der Waals surface area contributed by atoms with Crippen LogP contribution in [0.25, 0.3) is 23.1 Å². The van der Waals surface area contributed by atoms with E-state index in [9.17, 15) is 9.90 Å². The first kappa shape index (κ1) is 23.1. The molecule has 3 aromatic carbocycles. The van der Waals surface area contributed by atoms with Crippen molar-refractivity contribution in [2.24, 2.45) is 0 Å². The van der Waals surface area contributed by atoms with Crippen LogP contribution in [0.3, 0.4) is 0 Å². The zero-order chi connectivity index (χ0) is 24.1. The summed E-state index contributed by atoms with van der Waals surface area (Å²) in [5, 5.41) is 20.9. The molecule has 0 unspecified atom stereocenters. The molecule has 0 saturated heterocycles. The van der Waals surface area contributed by atoms with Crippen molar-refractivity contribution < 1.29 is 14.6 Å². The number of aromatic nitrogens is 2. The third kappa shape index (κ3) is 4.79. The highest BCUT2D eigenvalue weighted by Crippen LogP contribution is 2.33. The summed E-state index contributed by atoms with van der Waals surface area (Å²) in [7, 11) is 5.54. The van der Waals surface area contributed by atoms with Gasteiger partial charge in [-0.25, -0.2) is 0 Å². The van der Waals surface area contributed by atoms with Gasteiger partial charge in [-0.1, -0.05) is 48.5 Å². The fraction of sp³-hybridized carbons (Fsp3) is 0.185. The molecule has 1 aromatic heterocycles. The van der Waals surface area contributed by atoms with Gasteiger partial charge >= 0.3 is 0 Å². The molecule has 0 aliphatic carbocycles. The average Bonchev–Trinajstić information content (AvgIpc) is 3.29. The summed E-state index contributed by atoms with van der Waals surface area (Å²) in [6.45, 7) is -0.216. The lowest BCUT2D eigenvalue weighted by molar-refractivity contribution is 0.0913. The van der Waals surface area contributed by atoms with E-state index in [4.69, 9.17) is 4.74 Å². The number of anilines is 1. The van der Waals surface area contributed by atoms with Crippen LogP contribution in [0.1, 0.15) is 33.2 Å². The molecule has 0 fully saturated rings. The van der Waals surface area contributed by atoms with E-state index in [1.165, 1.54) is 7.11 Å². The highest BCUT2D eigenvalue weighted by Gasteiger charge is 2.21. The van der Waals surface area contributed by atoms with Gasteiger partial charge in [0.25, 0.3) is 5.91 Å². The summed E-state index contributed by atoms with van der Waals surface area (Å²) in [5.41, 5.74) is 4.75. The van der Waals surface area contributed by atoms with Crippen molar-refractivity contribution in [2.45, 2.75) is 6.04 Å². The van der Waals surface area contributed by atoms with Gasteiger partial charge in [0.1, 0.15) is 5.75 Å². The lowest BCUT2D eigenvalue weighted by Gasteiger charge is -2.18. The molecule has 0 saturated carbocycles. The van der Waals surface area contributed by atoms with Gasteiger partial charge in [0.15, 0.2) is 0 Å². The summed E-state index contributed by atoms with van der Waals surface area (Å²) in [6, 6.07) is 20.5. The maximum atomic E-state index is 13.2. The number of hydrogen-bond donors (Lipinski definition) is 3. The highest BCUT2D eigenvalue weighted by molar-refractivity contribution is 6.05. The van der Waals surface area contributed by atoms with E-state index in [-0.39, 0.29) is 12.5 Å². The van der Waals surface area contributed by atoms with Gasteiger partial charge < -0.3 is 20.1 Å². The Morgan fingerprint density at radius 2 is 1.91 bits per heavy atom. The third-order valence-electron chi connectivity index (χ3n) is 5.67. The van der Waals surface area contributed by atoms with Gasteiger partial charge in [-0.2, -0.15) is 5.10 Å². The van der Waals surface area contributed by atoms with Gasteiger partial charge in [0, 0.05) is 19.8 Å². The SMILES string of the molecule is COc1c(C(=O)N[C@H](CO)c2ccccc2)ccc2[nH]nc(C=Cc3cccc(N(C)C)c3)c12. The first-order chi connectivity index (χ1) is 16.5. The van der Waals surface area contributed by atoms with Crippen LogP contribution in [0.5, 0.6) is 5.75 Å². The first-order valence-corrected chi connectivity index (χ1v) is 11.0. The summed E-state index contributed by atoms with van der Waals surface area (Å²) in [4.78, 5) is 15.2. The quantitative estimate of drug-likeness (QED) is 0.368. The molecule has 0 aliphatic heterocycles. The van der Waals surface area contributed by atoms with Crippen LogP contribution in [0.2, 0.25) is 0 Å². The maximum absolute atomic E-state index is 13.2. The molecular weight excluding hydrogens is 428 g/mol. The summed E-state index contributed by atoms with van der Waals surface area (Å²) in [6.07, 6.45) is 3.88. The van der Waals surface area contributed by atoms with Crippen LogP contribution in [-0.2, 0) is 0 Å². The molecule has 0 aliphatic rings. The average molecular weight is 457 g/mol. The number of carbonyl (C=O) groups excluding carboxylic acids is 1. The number of fused-ring (bicyclic) bond motifs is 1. The summed E-state index contributed by atoms with van der Waals surface area (Å²) >= 11 is 0. The molecule has 34 heavy (non-hydrogen) atoms. The monoisotopic (exact) mass is 456 g/mol. The smallest absolute Gasteiger partial charge is 0.255 e. The number of ether oxygens (including phenoxy) is 1. The van der Waals surface area contributed by atoms with Crippen LogP contribution in [0.4, 0.5) is 5.69 Å². The number of carbonyl (C=O) groups is 1. The zero-order valence-electron chi connectivity index (χ0n) is 19.4. The largest absolute Gasteiger partial charge is 0.495 e. The summed E-state index contributed by atoms with van der Waals surface area (Å²) < 4.78 is 5.68. The van der Waals surface area contributed by atoms with E-state index in [0.29, 0.717) is 17.0 Å². The molecule has 1 atom stereocenters. The van der Waals surface area contributed by atoms with Crippen molar-refractivity contribution in [1.82, 2.24) is 15.5 Å². The number of nitrogens with zero attached hydrogens (tertiary/aromatic N) is 2. The van der Waals surface area contributed by atoms with E-state index in [1.807, 2.05) is 79.7 Å². The molecule has 3 N–H and O–H groups in total. The van der Waals surface area contributed by atoms with Gasteiger partial charge in [0.05, 0.1) is 41.9 Å². The number of aliphatic hydroxyl groups excluding tert-OH is 1. The molecular formula is C27H28N4O3. The molecule has 174 valence electrons. The van der Waals surface area contributed by atoms with Crippen LogP contribution >= 0.6 is 0 Å². The van der Waals surface area contributed by atoms with E-state index in [2.05, 4.69) is 21.6 Å². The first-order valence-electron chi connectivity index (χ1n) is 11.0. The Bertz CT molecular complexity index is 1310. The zero-order valence-corrected chi connectivity index (χ0v) is 19.4. The molecule has 1 amide bonds. The van der Waals surface area contributed by atoms with Crippen molar-refractivity contribution in [2.75, 3.05) is 32.7 Å². The minimum absolute atomic E-state index is 0.216. The van der Waals surface area contributed by atoms with Crippen molar-refractivity contribution in [3.05, 3.63) is 89.1 Å². The van der Waals surface area contributed by atoms with E-state index < -0.39 is 6.04 Å². The van der Waals surface area contributed by atoms with Crippen LogP contribution in [-0.4, -0.2) is 49.0 Å². The molecule has 4 rings (SSSR count). The molecule has 0 spiro atoms. The van der Waals surface area contributed by atoms with Crippen molar-refractivity contribution in [3.8, 4) is 5.75 Å². The number of H-pyrrole nitrogens is 1. The minimum Gasteiger partial charge on any atom is -0.495 e. The Balaban J connectivity index is 1.67. The number of methoxy groups -OCH3 is 1. The third-order valence-corrected chi connectivity index (χ3v) is 5.67. The van der Waals surface area contributed by atoms with E-state index in [0.717, 1.165) is 27.7 Å². The van der Waals surface area contributed by atoms with Gasteiger partial charge in [-0.3, -0.25) is 9.89 Å². The predicted molar refractivity (Wildman–Crippen MR) is 136 cm³/mol. The Hall–Kier alpha value is -4.10. The molecule has 4 aromatic rings. The van der Waals surface area contributed by atoms with Crippen LogP contribution < -0.4 is 15.0 Å². The lowest BCUT2D eigenvalue weighted by atomic mass is 10.0. The molecule has 7 heteroatoms. The number of rotatable bonds is 8. The predicted octanol–water partition coefficient (Wildman–Crippen LogP) is 4.27. The Morgan fingerprint density at radius 3 is 2.62 bits per heavy atom. The van der Waals surface area contributed by atoms with Gasteiger partial charge in [-0.05, 0) is 41.5 Å². The normalized spacial score (nSPS) is 12.1. The Labute approximate surface area is 198 Å². The molecule has 7 nitrogen and oxygen atoms in total. The number of hydrogen-bond acceptors (Lipinski definition) is 5. The number of benzene rings is 3. The highest BCUT2D eigenvalue weighted by atomic mass is 16.5. The summed E-state index contributed by atoms with van der Waals surface area (Å²) in [5.74, 6) is 0.0895. The number of nitrogens with one attached hydrogen (secondary N) is 2. The van der Waals surface area contributed by atoms with Crippen molar-refractivity contribution >= 4 is 34.6 Å². The van der Waals surface area contributed by atoms with Crippen LogP contribution in [0.15, 0.2) is 66.7 Å². The second-order valence-electron chi connectivity index (χ2n) is 8.12. The topological polar surface area (TPSA) is 90.5 Å². The maximum Gasteiger partial charge on any atom is 0.255 e.